The van der Waals surface area contributed by atoms with Gasteiger partial charge in [-0.2, -0.15) is 0 Å². The standard InChI is InChI=1S/C18H18N2O2S/c21-17(22)9-3-1-2-6-13-10-11-19-15(12-13)18-20-14-7-4-5-8-16(14)23-18/h4-5,7-8,10-12H,1-3,6,9H2,(H,21,22). The van der Waals surface area contributed by atoms with Crippen molar-refractivity contribution in [3.63, 3.8) is 0 Å². The summed E-state index contributed by atoms with van der Waals surface area (Å²) in [6, 6.07) is 12.2. The monoisotopic (exact) mass is 326 g/mol. The van der Waals surface area contributed by atoms with E-state index in [1.54, 1.807) is 11.3 Å². The molecule has 0 amide bonds. The molecule has 1 N–H and O–H groups in total. The van der Waals surface area contributed by atoms with Gasteiger partial charge in [-0.1, -0.05) is 18.6 Å². The fraction of sp³-hybridized carbons (Fsp3) is 0.278. The van der Waals surface area contributed by atoms with Gasteiger partial charge in [0.25, 0.3) is 0 Å². The van der Waals surface area contributed by atoms with Crippen LogP contribution in [0.2, 0.25) is 0 Å². The molecule has 23 heavy (non-hydrogen) atoms. The Morgan fingerprint density at radius 1 is 1.13 bits per heavy atom. The number of carboxylic acids is 1. The summed E-state index contributed by atoms with van der Waals surface area (Å²) in [7, 11) is 0. The Bertz CT molecular complexity index is 780. The van der Waals surface area contributed by atoms with Crippen LogP contribution in [0.4, 0.5) is 0 Å². The van der Waals surface area contributed by atoms with E-state index in [9.17, 15) is 4.79 Å². The van der Waals surface area contributed by atoms with E-state index in [0.717, 1.165) is 41.9 Å². The first kappa shape index (κ1) is 15.6. The lowest BCUT2D eigenvalue weighted by molar-refractivity contribution is -0.137. The lowest BCUT2D eigenvalue weighted by Crippen LogP contribution is -1.94. The zero-order valence-corrected chi connectivity index (χ0v) is 13.6. The number of fused-ring (bicyclic) bond motifs is 1. The molecule has 0 bridgehead atoms. The smallest absolute Gasteiger partial charge is 0.303 e. The van der Waals surface area contributed by atoms with E-state index in [1.807, 2.05) is 30.5 Å². The van der Waals surface area contributed by atoms with Crippen LogP contribution in [0.5, 0.6) is 0 Å². The average molecular weight is 326 g/mol. The molecule has 0 aliphatic rings. The molecule has 2 heterocycles. The van der Waals surface area contributed by atoms with E-state index >= 15 is 0 Å². The van der Waals surface area contributed by atoms with Crippen LogP contribution in [0.15, 0.2) is 42.6 Å². The van der Waals surface area contributed by atoms with Gasteiger partial charge in [0.05, 0.1) is 15.9 Å². The van der Waals surface area contributed by atoms with Gasteiger partial charge in [-0.15, -0.1) is 11.3 Å². The Balaban J connectivity index is 1.66. The molecule has 4 nitrogen and oxygen atoms in total. The number of benzene rings is 1. The normalized spacial score (nSPS) is 11.0. The largest absolute Gasteiger partial charge is 0.481 e. The molecule has 3 rings (SSSR count). The fourth-order valence-corrected chi connectivity index (χ4v) is 3.44. The van der Waals surface area contributed by atoms with Crippen molar-refractivity contribution in [1.82, 2.24) is 9.97 Å². The minimum absolute atomic E-state index is 0.257. The fourth-order valence-electron chi connectivity index (χ4n) is 2.51. The molecular weight excluding hydrogens is 308 g/mol. The van der Waals surface area contributed by atoms with Crippen LogP contribution in [-0.4, -0.2) is 21.0 Å². The maximum atomic E-state index is 10.5. The Kier molecular flexibility index (Phi) is 4.98. The van der Waals surface area contributed by atoms with E-state index in [2.05, 4.69) is 22.1 Å². The molecule has 0 saturated carbocycles. The highest BCUT2D eigenvalue weighted by Crippen LogP contribution is 2.29. The molecule has 3 aromatic rings. The van der Waals surface area contributed by atoms with Crippen molar-refractivity contribution in [2.24, 2.45) is 0 Å². The third-order valence-corrected chi connectivity index (χ3v) is 4.75. The number of pyridine rings is 1. The quantitative estimate of drug-likeness (QED) is 0.647. The van der Waals surface area contributed by atoms with Gasteiger partial charge >= 0.3 is 5.97 Å². The van der Waals surface area contributed by atoms with E-state index < -0.39 is 5.97 Å². The van der Waals surface area contributed by atoms with Crippen molar-refractivity contribution in [1.29, 1.82) is 0 Å². The summed E-state index contributed by atoms with van der Waals surface area (Å²) in [5.74, 6) is -0.716. The zero-order chi connectivity index (χ0) is 16.1. The molecular formula is C18H18N2O2S. The van der Waals surface area contributed by atoms with Crippen molar-refractivity contribution in [2.75, 3.05) is 0 Å². The summed E-state index contributed by atoms with van der Waals surface area (Å²) < 4.78 is 1.17. The molecule has 0 spiro atoms. The number of hydrogen-bond acceptors (Lipinski definition) is 4. The first-order valence-corrected chi connectivity index (χ1v) is 8.57. The van der Waals surface area contributed by atoms with Crippen molar-refractivity contribution in [3.8, 4) is 10.7 Å². The Morgan fingerprint density at radius 3 is 2.83 bits per heavy atom. The summed E-state index contributed by atoms with van der Waals surface area (Å²) in [4.78, 5) is 19.6. The van der Waals surface area contributed by atoms with Gasteiger partial charge in [-0.25, -0.2) is 4.98 Å². The molecule has 0 fully saturated rings. The van der Waals surface area contributed by atoms with Crippen LogP contribution in [0.25, 0.3) is 20.9 Å². The third-order valence-electron chi connectivity index (χ3n) is 3.69. The summed E-state index contributed by atoms with van der Waals surface area (Å²) >= 11 is 1.66. The number of aliphatic carboxylic acids is 1. The second-order valence-corrected chi connectivity index (χ2v) is 6.52. The van der Waals surface area contributed by atoms with Crippen LogP contribution in [0, 0.1) is 0 Å². The number of nitrogens with zero attached hydrogens (tertiary/aromatic N) is 2. The van der Waals surface area contributed by atoms with Gasteiger partial charge in [0.1, 0.15) is 5.01 Å². The minimum atomic E-state index is -0.716. The van der Waals surface area contributed by atoms with Crippen molar-refractivity contribution in [2.45, 2.75) is 32.1 Å². The number of aromatic nitrogens is 2. The maximum absolute atomic E-state index is 10.5. The molecule has 0 radical (unpaired) electrons. The highest BCUT2D eigenvalue weighted by molar-refractivity contribution is 7.21. The number of aryl methyl sites for hydroxylation is 1. The number of carboxylic acid groups (broad SMARTS) is 1. The molecule has 1 aromatic carbocycles. The SMILES string of the molecule is O=C(O)CCCCCc1ccnc(-c2nc3ccccc3s2)c1. The van der Waals surface area contributed by atoms with E-state index in [1.165, 1.54) is 10.3 Å². The highest BCUT2D eigenvalue weighted by atomic mass is 32.1. The summed E-state index contributed by atoms with van der Waals surface area (Å²) in [6.45, 7) is 0. The molecule has 5 heteroatoms. The number of unbranched alkanes of at least 4 members (excludes halogenated alkanes) is 2. The first-order chi connectivity index (χ1) is 11.2. The second-order valence-electron chi connectivity index (χ2n) is 5.49. The number of thiazole rings is 1. The average Bonchev–Trinajstić information content (AvgIpc) is 2.99. The Hall–Kier alpha value is -2.27. The second kappa shape index (κ2) is 7.33. The number of para-hydroxylation sites is 1. The number of rotatable bonds is 7. The lowest BCUT2D eigenvalue weighted by Gasteiger charge is -2.03. The molecule has 2 aromatic heterocycles. The minimum Gasteiger partial charge on any atom is -0.481 e. The van der Waals surface area contributed by atoms with E-state index in [-0.39, 0.29) is 6.42 Å². The van der Waals surface area contributed by atoms with E-state index in [4.69, 9.17) is 5.11 Å². The van der Waals surface area contributed by atoms with Crippen LogP contribution in [0.3, 0.4) is 0 Å². The van der Waals surface area contributed by atoms with Gasteiger partial charge < -0.3 is 5.11 Å². The van der Waals surface area contributed by atoms with E-state index in [0.29, 0.717) is 0 Å². The molecule has 0 aliphatic carbocycles. The highest BCUT2D eigenvalue weighted by Gasteiger charge is 2.07. The first-order valence-electron chi connectivity index (χ1n) is 7.75. The zero-order valence-electron chi connectivity index (χ0n) is 12.7. The van der Waals surface area contributed by atoms with Gasteiger partial charge in [-0.3, -0.25) is 9.78 Å². The van der Waals surface area contributed by atoms with Crippen LogP contribution < -0.4 is 0 Å². The summed E-state index contributed by atoms with van der Waals surface area (Å²) in [6.07, 6.45) is 5.70. The lowest BCUT2D eigenvalue weighted by atomic mass is 10.1. The predicted molar refractivity (Wildman–Crippen MR) is 92.7 cm³/mol. The summed E-state index contributed by atoms with van der Waals surface area (Å²) in [5.41, 5.74) is 3.15. The maximum Gasteiger partial charge on any atom is 0.303 e. The molecule has 0 aliphatic heterocycles. The van der Waals surface area contributed by atoms with Gasteiger partial charge in [0.15, 0.2) is 0 Å². The van der Waals surface area contributed by atoms with Gasteiger partial charge in [-0.05, 0) is 49.1 Å². The molecule has 0 atom stereocenters. The van der Waals surface area contributed by atoms with Crippen molar-refractivity contribution >= 4 is 27.5 Å². The third kappa shape index (κ3) is 4.13. The predicted octanol–water partition coefficient (Wildman–Crippen LogP) is 4.55. The van der Waals surface area contributed by atoms with Crippen molar-refractivity contribution < 1.29 is 9.90 Å². The number of carbonyl (C=O) groups is 1. The van der Waals surface area contributed by atoms with Crippen LogP contribution in [-0.2, 0) is 11.2 Å². The Morgan fingerprint density at radius 2 is 2.00 bits per heavy atom. The molecule has 0 saturated heterocycles. The van der Waals surface area contributed by atoms with Gasteiger partial charge in [0, 0.05) is 12.6 Å². The molecule has 118 valence electrons. The summed E-state index contributed by atoms with van der Waals surface area (Å²) in [5, 5.41) is 9.58. The number of hydrogen-bond donors (Lipinski definition) is 1. The van der Waals surface area contributed by atoms with Gasteiger partial charge in [0.2, 0.25) is 0 Å². The Labute approximate surface area is 138 Å². The van der Waals surface area contributed by atoms with Crippen LogP contribution in [0.1, 0.15) is 31.2 Å². The molecule has 0 unspecified atom stereocenters. The van der Waals surface area contributed by atoms with Crippen LogP contribution >= 0.6 is 11.3 Å². The topological polar surface area (TPSA) is 63.1 Å². The van der Waals surface area contributed by atoms with Crippen molar-refractivity contribution in [3.05, 3.63) is 48.2 Å².